The zero-order valence-electron chi connectivity index (χ0n) is 47.1. The molecule has 8 aromatic heterocycles. The summed E-state index contributed by atoms with van der Waals surface area (Å²) < 4.78 is 30.9. The molecule has 0 spiro atoms. The first-order valence-electron chi connectivity index (χ1n) is 28.8. The summed E-state index contributed by atoms with van der Waals surface area (Å²) in [5.41, 5.74) is 10.5. The number of carbonyl (C=O) groups is 3. The van der Waals surface area contributed by atoms with Gasteiger partial charge in [0.15, 0.2) is 5.13 Å². The molecular formula is C69H53F2N13O3S. The maximum atomic E-state index is 15.4. The van der Waals surface area contributed by atoms with E-state index in [9.17, 15) is 14.4 Å². The smallest absolute Gasteiger partial charge is 0.276 e. The summed E-state index contributed by atoms with van der Waals surface area (Å²) in [6.07, 6.45) is 13.5. The fourth-order valence-corrected chi connectivity index (χ4v) is 12.7. The molecule has 12 aromatic rings. The van der Waals surface area contributed by atoms with Crippen molar-refractivity contribution in [3.8, 4) is 33.6 Å². The minimum Gasteiger partial charge on any atom is -0.319 e. The summed E-state index contributed by atoms with van der Waals surface area (Å²) in [5, 5.41) is 13.6. The van der Waals surface area contributed by atoms with Crippen molar-refractivity contribution in [3.63, 3.8) is 0 Å². The van der Waals surface area contributed by atoms with Gasteiger partial charge in [0.1, 0.15) is 28.7 Å². The topological polar surface area (TPSA) is 197 Å². The predicted molar refractivity (Wildman–Crippen MR) is 337 cm³/mol. The van der Waals surface area contributed by atoms with E-state index >= 15 is 8.78 Å². The molecule has 3 N–H and O–H groups in total. The number of amides is 3. The largest absolute Gasteiger partial charge is 0.319 e. The van der Waals surface area contributed by atoms with Gasteiger partial charge in [-0.05, 0) is 127 Å². The molecule has 19 heteroatoms. The SMILES string of the molecule is O=C(Nc1cccnc1)c1cc(C2CCN(Cc3ccc(-c4cccc5ccc(C(=O)Nc6nccs6)nc45)nc3)C2)c2cccc(-c3ccc(CN4CCC(c5cc(C(=O)Nc6cccnc6)nc6c(-c7c(F)cccc7F)cccc56)C4)cn3)c2n1. The van der Waals surface area contributed by atoms with Crippen LogP contribution in [0.25, 0.3) is 66.4 Å². The van der Waals surface area contributed by atoms with Crippen LogP contribution in [0, 0.1) is 11.6 Å². The van der Waals surface area contributed by atoms with E-state index < -0.39 is 17.5 Å². The minimum atomic E-state index is -0.722. The number of fused-ring (bicyclic) bond motifs is 3. The number of carbonyl (C=O) groups excluding carboxylic acids is 3. The van der Waals surface area contributed by atoms with Gasteiger partial charge in [0, 0.05) is 95.4 Å². The Kier molecular flexibility index (Phi) is 15.2. The zero-order valence-corrected chi connectivity index (χ0v) is 48.0. The van der Waals surface area contributed by atoms with Crippen LogP contribution in [0.3, 0.4) is 0 Å². The molecule has 0 aliphatic carbocycles. The van der Waals surface area contributed by atoms with Crippen LogP contribution in [-0.2, 0) is 13.1 Å². The Hall–Kier alpha value is -10.5. The van der Waals surface area contributed by atoms with Gasteiger partial charge in [-0.25, -0.2) is 28.7 Å². The molecule has 10 heterocycles. The lowest BCUT2D eigenvalue weighted by Crippen LogP contribution is -2.20. The molecular weight excluding hydrogens is 1130 g/mol. The van der Waals surface area contributed by atoms with Crippen molar-refractivity contribution in [2.24, 2.45) is 0 Å². The van der Waals surface area contributed by atoms with E-state index in [0.29, 0.717) is 58.4 Å². The Balaban J connectivity index is 0.705. The molecule has 2 unspecified atom stereocenters. The summed E-state index contributed by atoms with van der Waals surface area (Å²) in [6.45, 7) is 4.24. The molecule has 432 valence electrons. The number of aromatic nitrogens is 8. The first-order valence-corrected chi connectivity index (χ1v) is 29.7. The number of anilines is 3. The molecule has 2 aliphatic rings. The summed E-state index contributed by atoms with van der Waals surface area (Å²) in [6, 6.07) is 43.6. The first kappa shape index (κ1) is 55.4. The van der Waals surface area contributed by atoms with Gasteiger partial charge >= 0.3 is 0 Å². The van der Waals surface area contributed by atoms with Crippen molar-refractivity contribution >= 4 is 78.3 Å². The summed E-state index contributed by atoms with van der Waals surface area (Å²) in [7, 11) is 0. The van der Waals surface area contributed by atoms with Gasteiger partial charge < -0.3 is 10.6 Å². The lowest BCUT2D eigenvalue weighted by Gasteiger charge is -2.19. The van der Waals surface area contributed by atoms with Crippen LogP contribution >= 0.6 is 11.3 Å². The standard InChI is InChI=1S/C69H53F2N13O3S/c70-55-15-4-16-56(71)62(55)52-14-3-11-49-54(32-61(81-65(49)52)68(87)78-47-9-6-26-73-36-47)45-24-29-84(40-45)38-42-18-21-58(76-34-42)51-13-2-10-48-53(31-60(80-64(48)51)67(86)77-46-8-5-25-72-35-46)44-23-28-83(39-44)37-41-17-20-57(75-33-41)50-12-1-7-43-19-22-59(79-63(43)50)66(85)82-69-74-27-30-88-69/h1-22,25-27,30-36,44-45H,23-24,28-29,37-40H2,(H,77,86)(H,78,87)(H,74,82,85). The molecule has 0 radical (unpaired) electrons. The maximum absolute atomic E-state index is 15.4. The Morgan fingerprint density at radius 3 is 1.56 bits per heavy atom. The van der Waals surface area contributed by atoms with Crippen LogP contribution < -0.4 is 16.0 Å². The van der Waals surface area contributed by atoms with Crippen LogP contribution in [0.15, 0.2) is 194 Å². The summed E-state index contributed by atoms with van der Waals surface area (Å²) >= 11 is 1.34. The highest BCUT2D eigenvalue weighted by Gasteiger charge is 2.31. The van der Waals surface area contributed by atoms with Crippen LogP contribution in [0.4, 0.5) is 25.3 Å². The molecule has 2 fully saturated rings. The highest BCUT2D eigenvalue weighted by Crippen LogP contribution is 2.40. The minimum absolute atomic E-state index is 0.0346. The number of nitrogens with zero attached hydrogens (tertiary/aromatic N) is 10. The van der Waals surface area contributed by atoms with E-state index in [-0.39, 0.29) is 51.9 Å². The maximum Gasteiger partial charge on any atom is 0.276 e. The van der Waals surface area contributed by atoms with Crippen molar-refractivity contribution in [3.05, 3.63) is 245 Å². The highest BCUT2D eigenvalue weighted by atomic mass is 32.1. The van der Waals surface area contributed by atoms with Gasteiger partial charge in [-0.2, -0.15) is 0 Å². The Morgan fingerprint density at radius 1 is 0.500 bits per heavy atom. The summed E-state index contributed by atoms with van der Waals surface area (Å²) in [4.78, 5) is 83.0. The van der Waals surface area contributed by atoms with Crippen LogP contribution in [0.2, 0.25) is 0 Å². The number of halogens is 2. The molecule has 16 nitrogen and oxygen atoms in total. The predicted octanol–water partition coefficient (Wildman–Crippen LogP) is 13.4. The number of nitrogens with one attached hydrogen (secondary N) is 3. The Labute approximate surface area is 507 Å². The number of benzene rings is 4. The number of rotatable bonds is 15. The van der Waals surface area contributed by atoms with Gasteiger partial charge in [0.25, 0.3) is 17.7 Å². The number of para-hydroxylation sites is 3. The molecule has 2 aliphatic heterocycles. The Morgan fingerprint density at radius 2 is 1.02 bits per heavy atom. The molecule has 4 aromatic carbocycles. The van der Waals surface area contributed by atoms with E-state index in [1.54, 1.807) is 84.9 Å². The molecule has 0 saturated carbocycles. The van der Waals surface area contributed by atoms with Crippen molar-refractivity contribution in [1.82, 2.24) is 49.7 Å². The van der Waals surface area contributed by atoms with Crippen LogP contribution in [0.1, 0.15) is 78.4 Å². The van der Waals surface area contributed by atoms with Crippen LogP contribution in [0.5, 0.6) is 0 Å². The second-order valence-electron chi connectivity index (χ2n) is 22.0. The monoisotopic (exact) mass is 1180 g/mol. The fourth-order valence-electron chi connectivity index (χ4n) is 12.1. The van der Waals surface area contributed by atoms with E-state index in [4.69, 9.17) is 24.9 Å². The second-order valence-corrected chi connectivity index (χ2v) is 22.9. The molecule has 3 amide bonds. The number of hydrogen-bond acceptors (Lipinski definition) is 14. The lowest BCUT2D eigenvalue weighted by atomic mass is 9.91. The molecule has 14 rings (SSSR count). The highest BCUT2D eigenvalue weighted by molar-refractivity contribution is 7.13. The lowest BCUT2D eigenvalue weighted by molar-refractivity contribution is 0.101. The van der Waals surface area contributed by atoms with Crippen LogP contribution in [-0.4, -0.2) is 93.6 Å². The van der Waals surface area contributed by atoms with Gasteiger partial charge in [0.05, 0.1) is 57.3 Å². The number of pyridine rings is 7. The van der Waals surface area contributed by atoms with E-state index in [1.807, 2.05) is 73.1 Å². The van der Waals surface area contributed by atoms with Gasteiger partial charge in [-0.15, -0.1) is 11.3 Å². The second kappa shape index (κ2) is 24.1. The van der Waals surface area contributed by atoms with E-state index in [1.165, 1.54) is 29.5 Å². The molecule has 2 saturated heterocycles. The molecule has 88 heavy (non-hydrogen) atoms. The van der Waals surface area contributed by atoms with E-state index in [0.717, 1.165) is 87.7 Å². The average molecular weight is 1180 g/mol. The van der Waals surface area contributed by atoms with Gasteiger partial charge in [0.2, 0.25) is 0 Å². The van der Waals surface area contributed by atoms with Gasteiger partial charge in [-0.3, -0.25) is 49.4 Å². The third-order valence-electron chi connectivity index (χ3n) is 16.3. The quantitative estimate of drug-likeness (QED) is 0.0877. The number of hydrogen-bond donors (Lipinski definition) is 3. The third-order valence-corrected chi connectivity index (χ3v) is 17.0. The Bertz CT molecular complexity index is 4600. The van der Waals surface area contributed by atoms with Crippen molar-refractivity contribution in [2.75, 3.05) is 42.1 Å². The molecule has 0 bridgehead atoms. The third kappa shape index (κ3) is 11.4. The van der Waals surface area contributed by atoms with Crippen molar-refractivity contribution in [2.45, 2.75) is 37.8 Å². The fraction of sp³-hybridized carbons (Fsp3) is 0.145. The van der Waals surface area contributed by atoms with Crippen molar-refractivity contribution in [1.29, 1.82) is 0 Å². The molecule has 2 atom stereocenters. The zero-order chi connectivity index (χ0) is 59.7. The van der Waals surface area contributed by atoms with Crippen molar-refractivity contribution < 1.29 is 23.2 Å². The average Bonchev–Trinajstić information content (AvgIpc) is 1.99. The van der Waals surface area contributed by atoms with E-state index in [2.05, 4.69) is 58.9 Å². The number of likely N-dealkylation sites (tertiary alicyclic amines) is 2. The number of thiazole rings is 1. The van der Waals surface area contributed by atoms with Gasteiger partial charge in [-0.1, -0.05) is 78.9 Å². The first-order chi connectivity index (χ1) is 43.1. The summed E-state index contributed by atoms with van der Waals surface area (Å²) in [5.74, 6) is -2.54. The normalized spacial score (nSPS) is 15.2.